The van der Waals surface area contributed by atoms with Gasteiger partial charge >= 0.3 is 12.6 Å². The van der Waals surface area contributed by atoms with Crippen LogP contribution in [0, 0.1) is 0 Å². The molecule has 7 nitrogen and oxygen atoms in total. The second kappa shape index (κ2) is 9.27. The molecule has 0 bridgehead atoms. The lowest BCUT2D eigenvalue weighted by Gasteiger charge is -2.11. The Balaban J connectivity index is 1.60. The van der Waals surface area contributed by atoms with Crippen molar-refractivity contribution in [3.63, 3.8) is 0 Å². The number of anilines is 3. The fraction of sp³-hybridized carbons (Fsp3) is 0.100. The molecule has 3 rings (SSSR count). The van der Waals surface area contributed by atoms with Gasteiger partial charge in [-0.3, -0.25) is 4.79 Å². The lowest BCUT2D eigenvalue weighted by molar-refractivity contribution is -0.114. The molecule has 156 valence electrons. The van der Waals surface area contributed by atoms with E-state index in [-0.39, 0.29) is 16.7 Å². The number of aromatic amines is 1. The maximum Gasteiger partial charge on any atom is 0.387 e. The van der Waals surface area contributed by atoms with Crippen molar-refractivity contribution in [2.24, 2.45) is 0 Å². The Hall–Kier alpha value is -3.59. The Labute approximate surface area is 175 Å². The number of hydrogen-bond acceptors (Lipinski definition) is 3. The van der Waals surface area contributed by atoms with E-state index >= 15 is 0 Å². The van der Waals surface area contributed by atoms with Crippen molar-refractivity contribution in [2.45, 2.75) is 13.5 Å². The number of amides is 3. The third kappa shape index (κ3) is 5.71. The smallest absolute Gasteiger partial charge is 0.387 e. The van der Waals surface area contributed by atoms with Gasteiger partial charge in [0.15, 0.2) is 0 Å². The molecule has 0 aliphatic carbocycles. The molecule has 2 aromatic carbocycles. The Bertz CT molecular complexity index is 1050. The summed E-state index contributed by atoms with van der Waals surface area (Å²) in [5.74, 6) is 0.230. The fourth-order valence-corrected chi connectivity index (χ4v) is 2.86. The summed E-state index contributed by atoms with van der Waals surface area (Å²) in [6.07, 6.45) is 1.76. The third-order valence-corrected chi connectivity index (χ3v) is 4.17. The summed E-state index contributed by atoms with van der Waals surface area (Å²) in [5, 5.41) is 7.82. The van der Waals surface area contributed by atoms with Gasteiger partial charge in [0, 0.05) is 30.1 Å². The molecule has 0 spiro atoms. The Kier molecular flexibility index (Phi) is 6.53. The van der Waals surface area contributed by atoms with Gasteiger partial charge in [0.25, 0.3) is 0 Å². The zero-order valence-corrected chi connectivity index (χ0v) is 16.4. The topological polar surface area (TPSA) is 95.2 Å². The van der Waals surface area contributed by atoms with Gasteiger partial charge in [-0.05, 0) is 42.0 Å². The van der Waals surface area contributed by atoms with Crippen molar-refractivity contribution in [3.8, 4) is 16.9 Å². The van der Waals surface area contributed by atoms with E-state index in [0.29, 0.717) is 17.2 Å². The monoisotopic (exact) mass is 434 g/mol. The van der Waals surface area contributed by atoms with Crippen molar-refractivity contribution in [1.29, 1.82) is 0 Å². The Morgan fingerprint density at radius 1 is 0.967 bits per heavy atom. The standard InChI is InChI=1S/C20H17ClF2N4O3/c1-11(28)25-18-8-13(10-24-18)12-2-4-14(5-3-12)26-20(29)27-15-6-7-17(16(21)9-15)30-19(22)23/h2-10,19,24H,1H3,(H,25,28)(H2,26,27,29). The average molecular weight is 435 g/mol. The van der Waals surface area contributed by atoms with Crippen LogP contribution in [0.3, 0.4) is 0 Å². The van der Waals surface area contributed by atoms with Gasteiger partial charge in [-0.25, -0.2) is 4.79 Å². The first-order chi connectivity index (χ1) is 14.3. The summed E-state index contributed by atoms with van der Waals surface area (Å²) in [5.41, 5.74) is 2.61. The lowest BCUT2D eigenvalue weighted by atomic mass is 10.1. The first-order valence-corrected chi connectivity index (χ1v) is 9.07. The van der Waals surface area contributed by atoms with Crippen LogP contribution in [-0.2, 0) is 4.79 Å². The quantitative estimate of drug-likeness (QED) is 0.410. The molecular weight excluding hydrogens is 418 g/mol. The Morgan fingerprint density at radius 2 is 1.63 bits per heavy atom. The molecule has 0 aliphatic heterocycles. The molecule has 0 aliphatic rings. The van der Waals surface area contributed by atoms with Crippen LogP contribution in [0.5, 0.6) is 5.75 Å². The molecule has 3 amide bonds. The normalized spacial score (nSPS) is 10.6. The van der Waals surface area contributed by atoms with Crippen molar-refractivity contribution in [2.75, 3.05) is 16.0 Å². The van der Waals surface area contributed by atoms with Gasteiger partial charge < -0.3 is 25.7 Å². The number of aromatic nitrogens is 1. The summed E-state index contributed by atoms with van der Waals surface area (Å²) in [6.45, 7) is -1.57. The van der Waals surface area contributed by atoms with E-state index in [2.05, 4.69) is 25.7 Å². The van der Waals surface area contributed by atoms with Crippen molar-refractivity contribution >= 4 is 40.7 Å². The Morgan fingerprint density at radius 3 is 2.27 bits per heavy atom. The number of alkyl halides is 2. The molecule has 3 aromatic rings. The molecule has 0 fully saturated rings. The van der Waals surface area contributed by atoms with Crippen LogP contribution in [0.15, 0.2) is 54.7 Å². The molecule has 10 heteroatoms. The number of urea groups is 1. The number of benzene rings is 2. The summed E-state index contributed by atoms with van der Waals surface area (Å²) < 4.78 is 28.8. The van der Waals surface area contributed by atoms with Crippen LogP contribution in [0.4, 0.5) is 30.8 Å². The summed E-state index contributed by atoms with van der Waals surface area (Å²) in [4.78, 5) is 26.2. The van der Waals surface area contributed by atoms with E-state index in [1.165, 1.54) is 25.1 Å². The number of hydrogen-bond donors (Lipinski definition) is 4. The molecule has 0 saturated heterocycles. The second-order valence-electron chi connectivity index (χ2n) is 6.16. The molecule has 0 saturated carbocycles. The number of carbonyl (C=O) groups is 2. The predicted octanol–water partition coefficient (Wildman–Crippen LogP) is 5.54. The molecule has 4 N–H and O–H groups in total. The highest BCUT2D eigenvalue weighted by Crippen LogP contribution is 2.29. The highest BCUT2D eigenvalue weighted by Gasteiger charge is 2.11. The number of rotatable bonds is 6. The van der Waals surface area contributed by atoms with Gasteiger partial charge in [-0.2, -0.15) is 8.78 Å². The van der Waals surface area contributed by atoms with Gasteiger partial charge in [0.1, 0.15) is 11.6 Å². The minimum atomic E-state index is -2.99. The minimum Gasteiger partial charge on any atom is -0.433 e. The van der Waals surface area contributed by atoms with Crippen LogP contribution in [0.2, 0.25) is 5.02 Å². The zero-order valence-electron chi connectivity index (χ0n) is 15.6. The van der Waals surface area contributed by atoms with E-state index in [4.69, 9.17) is 11.6 Å². The molecule has 0 unspecified atom stereocenters. The highest BCUT2D eigenvalue weighted by molar-refractivity contribution is 6.32. The number of nitrogens with one attached hydrogen (secondary N) is 4. The summed E-state index contributed by atoms with van der Waals surface area (Å²) in [6, 6.07) is 12.3. The predicted molar refractivity (Wildman–Crippen MR) is 111 cm³/mol. The second-order valence-corrected chi connectivity index (χ2v) is 6.57. The van der Waals surface area contributed by atoms with E-state index in [1.807, 2.05) is 12.1 Å². The van der Waals surface area contributed by atoms with Gasteiger partial charge in [-0.15, -0.1) is 0 Å². The molecule has 1 heterocycles. The van der Waals surface area contributed by atoms with Crippen LogP contribution < -0.4 is 20.7 Å². The molecular formula is C20H17ClF2N4O3. The van der Waals surface area contributed by atoms with Crippen LogP contribution in [-0.4, -0.2) is 23.5 Å². The first-order valence-electron chi connectivity index (χ1n) is 8.69. The van der Waals surface area contributed by atoms with E-state index < -0.39 is 12.6 Å². The van der Waals surface area contributed by atoms with Crippen molar-refractivity contribution in [3.05, 3.63) is 59.8 Å². The van der Waals surface area contributed by atoms with Crippen LogP contribution >= 0.6 is 11.6 Å². The highest BCUT2D eigenvalue weighted by atomic mass is 35.5. The molecule has 30 heavy (non-hydrogen) atoms. The third-order valence-electron chi connectivity index (χ3n) is 3.88. The minimum absolute atomic E-state index is 0.0532. The molecule has 0 atom stereocenters. The van der Waals surface area contributed by atoms with Gasteiger partial charge in [0.2, 0.25) is 5.91 Å². The maximum absolute atomic E-state index is 12.3. The van der Waals surface area contributed by atoms with E-state index in [9.17, 15) is 18.4 Å². The SMILES string of the molecule is CC(=O)Nc1cc(-c2ccc(NC(=O)Nc3ccc(OC(F)F)c(Cl)c3)cc2)c[nH]1. The van der Waals surface area contributed by atoms with Crippen LogP contribution in [0.1, 0.15) is 6.92 Å². The number of ether oxygens (including phenoxy) is 1. The van der Waals surface area contributed by atoms with Crippen LogP contribution in [0.25, 0.3) is 11.1 Å². The number of halogens is 3. The average Bonchev–Trinajstić information content (AvgIpc) is 3.12. The molecule has 1 aromatic heterocycles. The van der Waals surface area contributed by atoms with Crippen molar-refractivity contribution in [1.82, 2.24) is 4.98 Å². The fourth-order valence-electron chi connectivity index (χ4n) is 2.63. The number of H-pyrrole nitrogens is 1. The summed E-state index contributed by atoms with van der Waals surface area (Å²) >= 11 is 5.87. The van der Waals surface area contributed by atoms with Gasteiger partial charge in [0.05, 0.1) is 5.02 Å². The zero-order chi connectivity index (χ0) is 21.7. The van der Waals surface area contributed by atoms with Gasteiger partial charge in [-0.1, -0.05) is 23.7 Å². The first kappa shape index (κ1) is 21.1. The van der Waals surface area contributed by atoms with E-state index in [1.54, 1.807) is 24.4 Å². The van der Waals surface area contributed by atoms with E-state index in [0.717, 1.165) is 11.1 Å². The maximum atomic E-state index is 12.3. The largest absolute Gasteiger partial charge is 0.433 e. The van der Waals surface area contributed by atoms with Crippen molar-refractivity contribution < 1.29 is 23.1 Å². The summed E-state index contributed by atoms with van der Waals surface area (Å²) in [7, 11) is 0. The number of carbonyl (C=O) groups excluding carboxylic acids is 2. The molecule has 0 radical (unpaired) electrons. The lowest BCUT2D eigenvalue weighted by Crippen LogP contribution is -2.19.